The summed E-state index contributed by atoms with van der Waals surface area (Å²) in [6.07, 6.45) is -2.24. The predicted molar refractivity (Wildman–Crippen MR) is 120 cm³/mol. The van der Waals surface area contributed by atoms with Crippen LogP contribution in [0.3, 0.4) is 0 Å². The van der Waals surface area contributed by atoms with E-state index in [1.54, 1.807) is 67.7 Å². The van der Waals surface area contributed by atoms with E-state index in [9.17, 15) is 17.7 Å². The molecular formula is C21H20F3N6OP. The highest BCUT2D eigenvalue weighted by Gasteiger charge is 2.35. The van der Waals surface area contributed by atoms with Gasteiger partial charge in [-0.25, -0.2) is 4.98 Å². The number of alkyl halides is 3. The lowest BCUT2D eigenvalue weighted by atomic mass is 10.2. The molecular weight excluding hydrogens is 440 g/mol. The molecule has 0 aliphatic rings. The van der Waals surface area contributed by atoms with Gasteiger partial charge in [-0.2, -0.15) is 23.3 Å². The number of aryl methyl sites for hydroxylation is 1. The Labute approximate surface area is 182 Å². The Hall–Kier alpha value is -3.39. The first-order valence-corrected chi connectivity index (χ1v) is 12.2. The van der Waals surface area contributed by atoms with Gasteiger partial charge in [0, 0.05) is 29.6 Å². The summed E-state index contributed by atoms with van der Waals surface area (Å²) in [5.41, 5.74) is 0.712. The van der Waals surface area contributed by atoms with Gasteiger partial charge in [-0.15, -0.1) is 0 Å². The van der Waals surface area contributed by atoms with Crippen LogP contribution in [-0.4, -0.2) is 33.1 Å². The van der Waals surface area contributed by atoms with Crippen LogP contribution < -0.4 is 15.9 Å². The minimum Gasteiger partial charge on any atom is -0.339 e. The van der Waals surface area contributed by atoms with Crippen molar-refractivity contribution in [3.63, 3.8) is 0 Å². The van der Waals surface area contributed by atoms with Crippen molar-refractivity contribution in [3.8, 4) is 0 Å². The number of halogens is 3. The monoisotopic (exact) mass is 460 g/mol. The standard InChI is InChI=1S/C21H20F3N6OP/c1-30-17-10-14(9-8-13(17)11-26-30)27-20-25-12-15(21(22,23)24)19(29-20)28-16-6-4-5-7-18(16)32(2,3)31/h4-12H,1-3H3,(H2,25,27,28,29). The van der Waals surface area contributed by atoms with Gasteiger partial charge in [-0.05, 0) is 43.7 Å². The van der Waals surface area contributed by atoms with Gasteiger partial charge >= 0.3 is 6.18 Å². The highest BCUT2D eigenvalue weighted by molar-refractivity contribution is 7.70. The summed E-state index contributed by atoms with van der Waals surface area (Å²) < 4.78 is 55.2. The average Bonchev–Trinajstić information content (AvgIpc) is 3.07. The van der Waals surface area contributed by atoms with Crippen LogP contribution in [0.5, 0.6) is 0 Å². The molecule has 32 heavy (non-hydrogen) atoms. The van der Waals surface area contributed by atoms with E-state index >= 15 is 0 Å². The lowest BCUT2D eigenvalue weighted by Crippen LogP contribution is -2.15. The number of benzene rings is 2. The maximum Gasteiger partial charge on any atom is 0.421 e. The van der Waals surface area contributed by atoms with Crippen LogP contribution in [0.25, 0.3) is 10.9 Å². The first-order chi connectivity index (χ1) is 15.0. The summed E-state index contributed by atoms with van der Waals surface area (Å²) in [7, 11) is -0.956. The lowest BCUT2D eigenvalue weighted by Gasteiger charge is -2.18. The van der Waals surface area contributed by atoms with Crippen molar-refractivity contribution in [2.24, 2.45) is 7.05 Å². The lowest BCUT2D eigenvalue weighted by molar-refractivity contribution is -0.137. The van der Waals surface area contributed by atoms with Gasteiger partial charge in [0.15, 0.2) is 0 Å². The molecule has 2 N–H and O–H groups in total. The zero-order valence-corrected chi connectivity index (χ0v) is 18.4. The van der Waals surface area contributed by atoms with Crippen LogP contribution in [0, 0.1) is 0 Å². The van der Waals surface area contributed by atoms with E-state index in [-0.39, 0.29) is 5.95 Å². The van der Waals surface area contributed by atoms with E-state index in [4.69, 9.17) is 0 Å². The molecule has 2 aromatic heterocycles. The second-order valence-corrected chi connectivity index (χ2v) is 10.8. The van der Waals surface area contributed by atoms with E-state index in [0.29, 0.717) is 16.7 Å². The summed E-state index contributed by atoms with van der Waals surface area (Å²) in [6, 6.07) is 11.9. The van der Waals surface area contributed by atoms with Gasteiger partial charge in [0.05, 0.1) is 17.4 Å². The molecule has 7 nitrogen and oxygen atoms in total. The summed E-state index contributed by atoms with van der Waals surface area (Å²) in [5, 5.41) is 11.2. The normalized spacial score (nSPS) is 12.2. The minimum absolute atomic E-state index is 0.0179. The van der Waals surface area contributed by atoms with Crippen molar-refractivity contribution >= 4 is 46.5 Å². The third kappa shape index (κ3) is 4.45. The van der Waals surface area contributed by atoms with Crippen molar-refractivity contribution in [3.05, 3.63) is 60.4 Å². The maximum absolute atomic E-state index is 13.6. The van der Waals surface area contributed by atoms with E-state index in [2.05, 4.69) is 25.7 Å². The highest BCUT2D eigenvalue weighted by Crippen LogP contribution is 2.40. The number of hydrogen-bond donors (Lipinski definition) is 2. The van der Waals surface area contributed by atoms with Gasteiger partial charge in [-0.3, -0.25) is 4.68 Å². The zero-order chi connectivity index (χ0) is 23.1. The van der Waals surface area contributed by atoms with Crippen LogP contribution in [0.1, 0.15) is 5.56 Å². The summed E-state index contributed by atoms with van der Waals surface area (Å²) in [4.78, 5) is 7.92. The Morgan fingerprint density at radius 1 is 1.03 bits per heavy atom. The number of aromatic nitrogens is 4. The van der Waals surface area contributed by atoms with E-state index < -0.39 is 24.7 Å². The van der Waals surface area contributed by atoms with Crippen molar-refractivity contribution in [1.29, 1.82) is 0 Å². The van der Waals surface area contributed by atoms with Crippen molar-refractivity contribution in [2.75, 3.05) is 24.0 Å². The molecule has 0 aliphatic carbocycles. The van der Waals surface area contributed by atoms with Crippen molar-refractivity contribution in [2.45, 2.75) is 6.18 Å². The van der Waals surface area contributed by atoms with Crippen molar-refractivity contribution in [1.82, 2.24) is 19.7 Å². The molecule has 2 aromatic carbocycles. The molecule has 4 rings (SSSR count). The van der Waals surface area contributed by atoms with Crippen LogP contribution in [-0.2, 0) is 17.8 Å². The molecule has 0 aliphatic heterocycles. The Bertz CT molecular complexity index is 1350. The number of nitrogens with one attached hydrogen (secondary N) is 2. The first-order valence-electron chi connectivity index (χ1n) is 9.57. The Morgan fingerprint density at radius 2 is 1.78 bits per heavy atom. The third-order valence-corrected chi connectivity index (χ3v) is 6.39. The average molecular weight is 460 g/mol. The highest BCUT2D eigenvalue weighted by atomic mass is 31.2. The number of rotatable bonds is 5. The van der Waals surface area contributed by atoms with Gasteiger partial charge in [0.1, 0.15) is 18.5 Å². The molecule has 0 bridgehead atoms. The topological polar surface area (TPSA) is 84.7 Å². The number of nitrogens with zero attached hydrogens (tertiary/aromatic N) is 4. The molecule has 11 heteroatoms. The molecule has 0 radical (unpaired) electrons. The SMILES string of the molecule is Cn1ncc2ccc(Nc3ncc(C(F)(F)F)c(Nc4ccccc4P(C)(C)=O)n3)cc21. The van der Waals surface area contributed by atoms with Gasteiger partial charge in [0.2, 0.25) is 5.95 Å². The predicted octanol–water partition coefficient (Wildman–Crippen LogP) is 5.12. The minimum atomic E-state index is -4.68. The van der Waals surface area contributed by atoms with Crippen LogP contribution in [0.2, 0.25) is 0 Å². The van der Waals surface area contributed by atoms with Gasteiger partial charge in [-0.1, -0.05) is 12.1 Å². The molecule has 4 aromatic rings. The molecule has 0 spiro atoms. The molecule has 0 amide bonds. The fraction of sp³-hybridized carbons (Fsp3) is 0.190. The van der Waals surface area contributed by atoms with Crippen LogP contribution in [0.4, 0.5) is 36.3 Å². The number of fused-ring (bicyclic) bond motifs is 1. The summed E-state index contributed by atoms with van der Waals surface area (Å²) in [5.74, 6) is -0.451. The number of hydrogen-bond acceptors (Lipinski definition) is 6. The van der Waals surface area contributed by atoms with Gasteiger partial charge in [0.25, 0.3) is 0 Å². The molecule has 0 unspecified atom stereocenters. The Balaban J connectivity index is 1.73. The summed E-state index contributed by atoms with van der Waals surface area (Å²) in [6.45, 7) is 3.11. The number of para-hydroxylation sites is 1. The smallest absolute Gasteiger partial charge is 0.339 e. The first kappa shape index (κ1) is 21.8. The third-order valence-electron chi connectivity index (χ3n) is 4.84. The Kier molecular flexibility index (Phi) is 5.42. The molecule has 166 valence electrons. The molecule has 0 saturated carbocycles. The fourth-order valence-electron chi connectivity index (χ4n) is 3.27. The van der Waals surface area contributed by atoms with E-state index in [1.807, 2.05) is 6.07 Å². The van der Waals surface area contributed by atoms with Crippen LogP contribution in [0.15, 0.2) is 54.9 Å². The summed E-state index contributed by atoms with van der Waals surface area (Å²) >= 11 is 0. The van der Waals surface area contributed by atoms with E-state index in [1.165, 1.54) is 0 Å². The van der Waals surface area contributed by atoms with Gasteiger partial charge < -0.3 is 15.2 Å². The Morgan fingerprint density at radius 3 is 2.50 bits per heavy atom. The second-order valence-electron chi connectivity index (χ2n) is 7.61. The quantitative estimate of drug-likeness (QED) is 0.403. The molecule has 0 fully saturated rings. The van der Waals surface area contributed by atoms with Crippen molar-refractivity contribution < 1.29 is 17.7 Å². The largest absolute Gasteiger partial charge is 0.421 e. The zero-order valence-electron chi connectivity index (χ0n) is 17.5. The molecule has 0 atom stereocenters. The number of anilines is 4. The second kappa shape index (κ2) is 7.94. The molecule has 0 saturated heterocycles. The molecule has 2 heterocycles. The maximum atomic E-state index is 13.6. The fourth-order valence-corrected chi connectivity index (χ4v) is 4.43. The van der Waals surface area contributed by atoms with E-state index in [0.717, 1.165) is 17.1 Å². The van der Waals surface area contributed by atoms with Crippen LogP contribution >= 0.6 is 7.14 Å².